The predicted octanol–water partition coefficient (Wildman–Crippen LogP) is 3.81. The molecule has 1 saturated heterocycles. The zero-order valence-corrected chi connectivity index (χ0v) is 32.6. The fourth-order valence-electron chi connectivity index (χ4n) is 7.44. The topological polar surface area (TPSA) is 196 Å². The summed E-state index contributed by atoms with van der Waals surface area (Å²) in [6.45, 7) is 3.11. The van der Waals surface area contributed by atoms with Crippen molar-refractivity contribution in [2.75, 3.05) is 20.0 Å². The second-order valence-electron chi connectivity index (χ2n) is 16.2. The van der Waals surface area contributed by atoms with Gasteiger partial charge < -0.3 is 34.5 Å². The molecule has 3 aliphatic heterocycles. The van der Waals surface area contributed by atoms with Crippen molar-refractivity contribution < 1.29 is 68.9 Å². The lowest BCUT2D eigenvalue weighted by Gasteiger charge is -2.34. The van der Waals surface area contributed by atoms with Crippen molar-refractivity contribution in [2.24, 2.45) is 17.8 Å². The first-order valence-electron chi connectivity index (χ1n) is 18.7. The Kier molecular flexibility index (Phi) is 11.3. The lowest BCUT2D eigenvalue weighted by molar-refractivity contribution is -0.244. The highest BCUT2D eigenvalue weighted by atomic mass is 32.2. The Morgan fingerprint density at radius 3 is 2.44 bits per heavy atom. The van der Waals surface area contributed by atoms with Gasteiger partial charge in [0.25, 0.3) is 5.91 Å². The zero-order chi connectivity index (χ0) is 41.7. The van der Waals surface area contributed by atoms with E-state index in [2.05, 4.69) is 10.6 Å². The Morgan fingerprint density at radius 2 is 1.77 bits per heavy atom. The quantitative estimate of drug-likeness (QED) is 0.196. The average Bonchev–Trinajstić information content (AvgIpc) is 3.96. The fraction of sp³-hybridized carbons (Fsp3) is 0.649. The van der Waals surface area contributed by atoms with Crippen molar-refractivity contribution in [3.63, 3.8) is 0 Å². The van der Waals surface area contributed by atoms with E-state index in [0.717, 1.165) is 4.90 Å². The lowest BCUT2D eigenvalue weighted by Crippen LogP contribution is -2.60. The van der Waals surface area contributed by atoms with Crippen molar-refractivity contribution in [1.82, 2.24) is 20.3 Å². The van der Waals surface area contributed by atoms with Gasteiger partial charge in [0.1, 0.15) is 35.1 Å². The van der Waals surface area contributed by atoms with Crippen LogP contribution in [0.4, 0.5) is 22.4 Å². The van der Waals surface area contributed by atoms with Crippen LogP contribution in [0.15, 0.2) is 30.4 Å². The second kappa shape index (κ2) is 15.3. The maximum absolute atomic E-state index is 14.6. The number of alkyl halides is 4. The Bertz CT molecular complexity index is 1940. The van der Waals surface area contributed by atoms with Crippen LogP contribution in [-0.4, -0.2) is 103 Å². The van der Waals surface area contributed by atoms with Gasteiger partial charge in [-0.15, -0.1) is 0 Å². The van der Waals surface area contributed by atoms with Crippen molar-refractivity contribution in [2.45, 2.75) is 113 Å². The van der Waals surface area contributed by atoms with E-state index in [0.29, 0.717) is 38.9 Å². The summed E-state index contributed by atoms with van der Waals surface area (Å²) in [6.07, 6.45) is -3.21. The first kappa shape index (κ1) is 42.0. The molecule has 3 N–H and O–H groups in total. The molecule has 4 amide bonds. The van der Waals surface area contributed by atoms with Gasteiger partial charge in [0.2, 0.25) is 34.2 Å². The Hall–Kier alpha value is -4.62. The molecule has 5 aliphatic rings. The number of hydrogen-bond donors (Lipinski definition) is 3. The maximum atomic E-state index is 14.6. The fourth-order valence-corrected chi connectivity index (χ4v) is 8.87. The SMILES string of the molecule is C[C@@H]1CCC=C[C@@H]2C[C@@]2(C(=O)NS(=O)(=O)C2(CF)CC2)NC(=O)[C@@H]2C[C@@H](OC(=O)c3ccc4c(c3)OCO4)CN2C(=O)[C@@H](NC(=O)OC(C)(C)C(F)(F)F)[C@H](C)C1. The summed E-state index contributed by atoms with van der Waals surface area (Å²) >= 11 is 0. The van der Waals surface area contributed by atoms with Gasteiger partial charge in [-0.2, -0.15) is 13.2 Å². The number of carbonyl (C=O) groups is 5. The van der Waals surface area contributed by atoms with Crippen LogP contribution in [0.3, 0.4) is 0 Å². The van der Waals surface area contributed by atoms with Crippen LogP contribution in [0.5, 0.6) is 11.5 Å². The van der Waals surface area contributed by atoms with Crippen LogP contribution in [0.25, 0.3) is 0 Å². The molecule has 2 aliphatic carbocycles. The van der Waals surface area contributed by atoms with Crippen LogP contribution in [-0.2, 0) is 33.9 Å². The van der Waals surface area contributed by atoms with Crippen molar-refractivity contribution in [3.05, 3.63) is 35.9 Å². The van der Waals surface area contributed by atoms with E-state index < -0.39 is 105 Å². The van der Waals surface area contributed by atoms with Gasteiger partial charge >= 0.3 is 18.2 Å². The average molecular weight is 831 g/mol. The highest BCUT2D eigenvalue weighted by Crippen LogP contribution is 2.48. The van der Waals surface area contributed by atoms with Gasteiger partial charge in [-0.05, 0) is 82.4 Å². The minimum absolute atomic E-state index is 0.00731. The number of hydrogen-bond acceptors (Lipinski definition) is 11. The lowest BCUT2D eigenvalue weighted by atomic mass is 9.88. The smallest absolute Gasteiger partial charge is 0.427 e. The molecule has 3 fully saturated rings. The summed E-state index contributed by atoms with van der Waals surface area (Å²) in [7, 11) is -4.49. The van der Waals surface area contributed by atoms with E-state index in [1.54, 1.807) is 19.1 Å². The molecule has 20 heteroatoms. The minimum Gasteiger partial charge on any atom is -0.457 e. The summed E-state index contributed by atoms with van der Waals surface area (Å²) in [5.41, 5.74) is -4.69. The first-order chi connectivity index (χ1) is 26.6. The van der Waals surface area contributed by atoms with E-state index in [1.807, 2.05) is 11.6 Å². The standard InChI is InChI=1S/C37H46F4N4O11S/c1-20-7-5-6-8-23-16-36(23,32(49)44-57(51,52)35(18-38)11-12-35)43-29(46)25-15-24(55-31(48)22-9-10-26-27(14-22)54-19-53-26)17-45(25)30(47)28(21(2)13-20)42-33(50)56-34(3,4)37(39,40)41/h6,8-10,14,20-21,23-25,28H,5,7,11-13,15-19H2,1-4H3,(H,42,50)(H,43,46)(H,44,49)/t20-,21-,23-,24-,25+,28+,36-/m1/s1. The van der Waals surface area contributed by atoms with E-state index >= 15 is 0 Å². The molecule has 0 bridgehead atoms. The van der Waals surface area contributed by atoms with Gasteiger partial charge in [0.05, 0.1) is 12.1 Å². The number of benzene rings is 1. The molecule has 0 spiro atoms. The summed E-state index contributed by atoms with van der Waals surface area (Å²) in [5, 5.41) is 4.93. The molecule has 3 heterocycles. The Labute approximate surface area is 326 Å². The van der Waals surface area contributed by atoms with E-state index in [1.165, 1.54) is 18.2 Å². The molecule has 0 radical (unpaired) electrons. The number of fused-ring (bicyclic) bond motifs is 3. The third kappa shape index (κ3) is 8.50. The molecule has 2 saturated carbocycles. The zero-order valence-electron chi connectivity index (χ0n) is 31.8. The van der Waals surface area contributed by atoms with Crippen molar-refractivity contribution >= 4 is 39.8 Å². The molecule has 6 rings (SSSR count). The molecule has 314 valence electrons. The number of amides is 4. The predicted molar refractivity (Wildman–Crippen MR) is 191 cm³/mol. The largest absolute Gasteiger partial charge is 0.457 e. The summed E-state index contributed by atoms with van der Waals surface area (Å²) < 4.78 is 102. The summed E-state index contributed by atoms with van der Waals surface area (Å²) in [6, 6.07) is 1.29. The number of sulfonamides is 1. The number of nitrogens with zero attached hydrogens (tertiary/aromatic N) is 1. The molecule has 7 atom stereocenters. The van der Waals surface area contributed by atoms with Gasteiger partial charge in [-0.25, -0.2) is 22.4 Å². The molecule has 15 nitrogen and oxygen atoms in total. The normalized spacial score (nSPS) is 29.8. The molecular formula is C37H46F4N4O11S. The number of ether oxygens (including phenoxy) is 4. The molecule has 1 aromatic carbocycles. The van der Waals surface area contributed by atoms with Crippen LogP contribution in [0.2, 0.25) is 0 Å². The van der Waals surface area contributed by atoms with Gasteiger partial charge in [-0.3, -0.25) is 19.1 Å². The number of rotatable bonds is 8. The van der Waals surface area contributed by atoms with Crippen LogP contribution in [0, 0.1) is 17.8 Å². The van der Waals surface area contributed by atoms with Crippen LogP contribution < -0.4 is 24.8 Å². The monoisotopic (exact) mass is 830 g/mol. The molecule has 0 unspecified atom stereocenters. The van der Waals surface area contributed by atoms with E-state index in [4.69, 9.17) is 18.9 Å². The number of allylic oxidation sites excluding steroid dienone is 1. The third-order valence-corrected chi connectivity index (χ3v) is 13.6. The van der Waals surface area contributed by atoms with Crippen molar-refractivity contribution in [1.29, 1.82) is 0 Å². The Balaban J connectivity index is 1.31. The highest BCUT2D eigenvalue weighted by molar-refractivity contribution is 7.91. The van der Waals surface area contributed by atoms with Crippen LogP contribution in [0.1, 0.15) is 83.0 Å². The number of esters is 1. The van der Waals surface area contributed by atoms with Gasteiger partial charge in [0, 0.05) is 12.3 Å². The summed E-state index contributed by atoms with van der Waals surface area (Å²) in [4.78, 5) is 70.1. The summed E-state index contributed by atoms with van der Waals surface area (Å²) in [5.74, 6) is -4.59. The highest BCUT2D eigenvalue weighted by Gasteiger charge is 2.64. The number of halogens is 4. The molecular weight excluding hydrogens is 784 g/mol. The molecule has 0 aromatic heterocycles. The third-order valence-electron chi connectivity index (χ3n) is 11.5. The van der Waals surface area contributed by atoms with E-state index in [9.17, 15) is 50.0 Å². The minimum atomic E-state index is -4.95. The molecule has 1 aromatic rings. The first-order valence-corrected chi connectivity index (χ1v) is 20.2. The second-order valence-corrected chi connectivity index (χ2v) is 18.3. The number of carbonyl (C=O) groups excluding carboxylic acids is 5. The van der Waals surface area contributed by atoms with Crippen molar-refractivity contribution in [3.8, 4) is 11.5 Å². The number of alkyl carbamates (subject to hydrolysis) is 1. The van der Waals surface area contributed by atoms with Gasteiger partial charge in [-0.1, -0.05) is 26.0 Å². The van der Waals surface area contributed by atoms with E-state index in [-0.39, 0.29) is 49.7 Å². The van der Waals surface area contributed by atoms with Crippen LogP contribution >= 0.6 is 0 Å². The molecule has 57 heavy (non-hydrogen) atoms. The Morgan fingerprint density at radius 1 is 1.07 bits per heavy atom. The van der Waals surface area contributed by atoms with Gasteiger partial charge in [0.15, 0.2) is 11.5 Å². The number of nitrogens with one attached hydrogen (secondary N) is 3. The maximum Gasteiger partial charge on any atom is 0.427 e.